The second-order valence-corrected chi connectivity index (χ2v) is 5.13. The molecular formula is C10H7BrClN3S. The summed E-state index contributed by atoms with van der Waals surface area (Å²) in [6.45, 7) is 0. The Balaban J connectivity index is 2.02. The second-order valence-electron chi connectivity index (χ2n) is 2.93. The Morgan fingerprint density at radius 1 is 1.25 bits per heavy atom. The molecule has 0 atom stereocenters. The zero-order chi connectivity index (χ0) is 11.4. The van der Waals surface area contributed by atoms with Crippen molar-refractivity contribution in [1.29, 1.82) is 0 Å². The molecule has 0 N–H and O–H groups in total. The summed E-state index contributed by atoms with van der Waals surface area (Å²) in [4.78, 5) is 4.25. The Hall–Kier alpha value is -0.650. The van der Waals surface area contributed by atoms with E-state index in [1.54, 1.807) is 24.0 Å². The van der Waals surface area contributed by atoms with E-state index in [2.05, 4.69) is 31.1 Å². The molecule has 3 nitrogen and oxygen atoms in total. The Bertz CT molecular complexity index is 478. The van der Waals surface area contributed by atoms with E-state index in [0.717, 1.165) is 20.9 Å². The smallest absolute Gasteiger partial charge is 0.151 e. The molecule has 2 heterocycles. The third kappa shape index (κ3) is 3.17. The predicted octanol–water partition coefficient (Wildman–Crippen LogP) is 3.58. The van der Waals surface area contributed by atoms with Crippen LogP contribution in [-0.2, 0) is 5.75 Å². The van der Waals surface area contributed by atoms with Gasteiger partial charge < -0.3 is 0 Å². The molecular weight excluding hydrogens is 310 g/mol. The van der Waals surface area contributed by atoms with Crippen molar-refractivity contribution in [2.45, 2.75) is 10.8 Å². The summed E-state index contributed by atoms with van der Waals surface area (Å²) in [5.74, 6) is 0.722. The van der Waals surface area contributed by atoms with Crippen LogP contribution in [0.2, 0.25) is 5.15 Å². The number of halogens is 2. The van der Waals surface area contributed by atoms with Crippen molar-refractivity contribution in [3.05, 3.63) is 45.8 Å². The Labute approximate surface area is 111 Å². The van der Waals surface area contributed by atoms with Gasteiger partial charge in [0.2, 0.25) is 0 Å². The van der Waals surface area contributed by atoms with Crippen LogP contribution in [0.1, 0.15) is 5.69 Å². The van der Waals surface area contributed by atoms with Crippen molar-refractivity contribution < 1.29 is 0 Å². The third-order valence-corrected chi connectivity index (χ3v) is 3.91. The zero-order valence-electron chi connectivity index (χ0n) is 8.10. The summed E-state index contributed by atoms with van der Waals surface area (Å²) in [5, 5.41) is 9.11. The Kier molecular flexibility index (Phi) is 4.15. The number of pyridine rings is 1. The minimum atomic E-state index is 0.410. The van der Waals surface area contributed by atoms with E-state index in [1.807, 2.05) is 18.2 Å². The minimum Gasteiger partial charge on any atom is -0.249 e. The van der Waals surface area contributed by atoms with Crippen LogP contribution in [0.5, 0.6) is 0 Å². The van der Waals surface area contributed by atoms with Crippen LogP contribution in [0.25, 0.3) is 0 Å². The molecule has 0 aromatic carbocycles. The van der Waals surface area contributed by atoms with Crippen molar-refractivity contribution in [2.75, 3.05) is 0 Å². The highest BCUT2D eigenvalue weighted by Crippen LogP contribution is 2.26. The Morgan fingerprint density at radius 2 is 2.12 bits per heavy atom. The lowest BCUT2D eigenvalue weighted by Crippen LogP contribution is -1.90. The van der Waals surface area contributed by atoms with Gasteiger partial charge in [0.05, 0.1) is 5.69 Å². The first-order valence-corrected chi connectivity index (χ1v) is 6.63. The lowest BCUT2D eigenvalue weighted by atomic mass is 10.4. The predicted molar refractivity (Wildman–Crippen MR) is 68.5 cm³/mol. The number of hydrogen-bond acceptors (Lipinski definition) is 4. The third-order valence-electron chi connectivity index (χ3n) is 1.77. The fraction of sp³-hybridized carbons (Fsp3) is 0.100. The van der Waals surface area contributed by atoms with Crippen molar-refractivity contribution in [3.63, 3.8) is 0 Å². The quantitative estimate of drug-likeness (QED) is 0.811. The Morgan fingerprint density at radius 3 is 2.81 bits per heavy atom. The summed E-state index contributed by atoms with van der Waals surface area (Å²) in [6, 6.07) is 7.44. The molecule has 0 amide bonds. The summed E-state index contributed by atoms with van der Waals surface area (Å²) >= 11 is 10.7. The minimum absolute atomic E-state index is 0.410. The average Bonchev–Trinajstić information content (AvgIpc) is 2.30. The van der Waals surface area contributed by atoms with Crippen LogP contribution in [0.15, 0.2) is 40.0 Å². The monoisotopic (exact) mass is 315 g/mol. The van der Waals surface area contributed by atoms with Gasteiger partial charge in [-0.1, -0.05) is 23.4 Å². The second kappa shape index (κ2) is 5.61. The largest absolute Gasteiger partial charge is 0.249 e. The first kappa shape index (κ1) is 11.8. The fourth-order valence-corrected chi connectivity index (χ4v) is 2.52. The molecule has 0 aliphatic rings. The van der Waals surface area contributed by atoms with E-state index in [1.165, 1.54) is 0 Å². The van der Waals surface area contributed by atoms with Gasteiger partial charge in [-0.05, 0) is 40.2 Å². The van der Waals surface area contributed by atoms with Gasteiger partial charge in [0.1, 0.15) is 5.03 Å². The molecule has 2 aromatic rings. The van der Waals surface area contributed by atoms with Gasteiger partial charge in [-0.25, -0.2) is 4.98 Å². The summed E-state index contributed by atoms with van der Waals surface area (Å²) in [7, 11) is 0. The number of hydrogen-bond donors (Lipinski definition) is 0. The topological polar surface area (TPSA) is 38.7 Å². The molecule has 2 rings (SSSR count). The van der Waals surface area contributed by atoms with Gasteiger partial charge in [0.15, 0.2) is 5.15 Å². The van der Waals surface area contributed by atoms with Gasteiger partial charge in [-0.3, -0.25) is 0 Å². The fourth-order valence-electron chi connectivity index (χ4n) is 1.04. The van der Waals surface area contributed by atoms with Crippen molar-refractivity contribution >= 4 is 39.3 Å². The van der Waals surface area contributed by atoms with Gasteiger partial charge in [0, 0.05) is 16.4 Å². The molecule has 0 saturated carbocycles. The molecule has 0 fully saturated rings. The number of thioether (sulfide) groups is 1. The molecule has 0 aliphatic carbocycles. The maximum absolute atomic E-state index is 5.65. The molecule has 0 spiro atoms. The number of nitrogens with zero attached hydrogens (tertiary/aromatic N) is 3. The highest BCUT2D eigenvalue weighted by atomic mass is 79.9. The summed E-state index contributed by atoms with van der Waals surface area (Å²) < 4.78 is 0.988. The maximum Gasteiger partial charge on any atom is 0.151 e. The molecule has 6 heteroatoms. The molecule has 0 saturated heterocycles. The van der Waals surface area contributed by atoms with Crippen molar-refractivity contribution in [3.8, 4) is 0 Å². The van der Waals surface area contributed by atoms with Crippen LogP contribution < -0.4 is 0 Å². The molecule has 0 radical (unpaired) electrons. The highest BCUT2D eigenvalue weighted by Gasteiger charge is 2.03. The molecule has 0 unspecified atom stereocenters. The molecule has 2 aromatic heterocycles. The van der Waals surface area contributed by atoms with Crippen molar-refractivity contribution in [1.82, 2.24) is 15.2 Å². The maximum atomic E-state index is 5.65. The lowest BCUT2D eigenvalue weighted by molar-refractivity contribution is 0.969. The van der Waals surface area contributed by atoms with E-state index in [4.69, 9.17) is 11.6 Å². The van der Waals surface area contributed by atoms with Crippen LogP contribution >= 0.6 is 39.3 Å². The first-order valence-electron chi connectivity index (χ1n) is 4.47. The standard InChI is InChI=1S/C10H7BrClN3S/c11-8-2-1-5-13-10(8)16-6-7-3-4-9(12)15-14-7/h1-5H,6H2. The van der Waals surface area contributed by atoms with E-state index in [9.17, 15) is 0 Å². The molecule has 0 aliphatic heterocycles. The molecule has 82 valence electrons. The number of rotatable bonds is 3. The SMILES string of the molecule is Clc1ccc(CSc2ncccc2Br)nn1. The first-order chi connectivity index (χ1) is 7.75. The van der Waals surface area contributed by atoms with Gasteiger partial charge in [-0.15, -0.1) is 5.10 Å². The summed E-state index contributed by atoms with van der Waals surface area (Å²) in [6.07, 6.45) is 1.76. The van der Waals surface area contributed by atoms with Crippen LogP contribution in [0.4, 0.5) is 0 Å². The van der Waals surface area contributed by atoms with E-state index in [0.29, 0.717) is 5.15 Å². The normalized spacial score (nSPS) is 10.4. The number of aromatic nitrogens is 3. The van der Waals surface area contributed by atoms with Crippen molar-refractivity contribution in [2.24, 2.45) is 0 Å². The van der Waals surface area contributed by atoms with E-state index in [-0.39, 0.29) is 0 Å². The van der Waals surface area contributed by atoms with Crippen LogP contribution in [-0.4, -0.2) is 15.2 Å². The molecule has 16 heavy (non-hydrogen) atoms. The van der Waals surface area contributed by atoms with Gasteiger partial charge in [0.25, 0.3) is 0 Å². The van der Waals surface area contributed by atoms with E-state index < -0.39 is 0 Å². The van der Waals surface area contributed by atoms with Gasteiger partial charge in [-0.2, -0.15) is 5.10 Å². The molecule has 0 bridgehead atoms. The van der Waals surface area contributed by atoms with Gasteiger partial charge >= 0.3 is 0 Å². The van der Waals surface area contributed by atoms with E-state index >= 15 is 0 Å². The highest BCUT2D eigenvalue weighted by molar-refractivity contribution is 9.10. The average molecular weight is 317 g/mol. The lowest BCUT2D eigenvalue weighted by Gasteiger charge is -2.01. The van der Waals surface area contributed by atoms with Crippen LogP contribution in [0.3, 0.4) is 0 Å². The van der Waals surface area contributed by atoms with Crippen LogP contribution in [0, 0.1) is 0 Å². The zero-order valence-corrected chi connectivity index (χ0v) is 11.3. The summed E-state index contributed by atoms with van der Waals surface area (Å²) in [5.41, 5.74) is 0.881.